The Morgan fingerprint density at radius 1 is 1.07 bits per heavy atom. The van der Waals surface area contributed by atoms with Gasteiger partial charge in [0.05, 0.1) is 19.0 Å². The molecule has 1 aliphatic heterocycles. The SMILES string of the molecule is COc1ccccc1CNc1ccc(C(=O)N2CCc3ccccc3C2)nc1. The minimum Gasteiger partial charge on any atom is -0.496 e. The Labute approximate surface area is 165 Å². The number of pyridine rings is 1. The molecule has 0 saturated carbocycles. The van der Waals surface area contributed by atoms with E-state index in [1.165, 1.54) is 11.1 Å². The number of hydrogen-bond donors (Lipinski definition) is 1. The number of aromatic nitrogens is 1. The molecule has 0 radical (unpaired) electrons. The van der Waals surface area contributed by atoms with Crippen LogP contribution in [0.5, 0.6) is 5.75 Å². The number of nitrogens with zero attached hydrogens (tertiary/aromatic N) is 2. The van der Waals surface area contributed by atoms with Gasteiger partial charge in [-0.25, -0.2) is 4.98 Å². The van der Waals surface area contributed by atoms with Crippen LogP contribution in [0.1, 0.15) is 27.2 Å². The fourth-order valence-corrected chi connectivity index (χ4v) is 3.50. The fourth-order valence-electron chi connectivity index (χ4n) is 3.50. The highest BCUT2D eigenvalue weighted by molar-refractivity contribution is 5.92. The van der Waals surface area contributed by atoms with Gasteiger partial charge >= 0.3 is 0 Å². The second-order valence-electron chi connectivity index (χ2n) is 6.84. The summed E-state index contributed by atoms with van der Waals surface area (Å²) in [7, 11) is 1.67. The maximum absolute atomic E-state index is 12.8. The Morgan fingerprint density at radius 2 is 1.86 bits per heavy atom. The molecule has 2 heterocycles. The van der Waals surface area contributed by atoms with Crippen LogP contribution in [0.15, 0.2) is 66.9 Å². The third-order valence-electron chi connectivity index (χ3n) is 5.08. The van der Waals surface area contributed by atoms with E-state index in [-0.39, 0.29) is 5.91 Å². The largest absolute Gasteiger partial charge is 0.496 e. The molecule has 0 unspecified atom stereocenters. The molecule has 5 nitrogen and oxygen atoms in total. The minimum atomic E-state index is -0.0224. The summed E-state index contributed by atoms with van der Waals surface area (Å²) in [4.78, 5) is 19.1. The van der Waals surface area contributed by atoms with E-state index in [4.69, 9.17) is 4.74 Å². The predicted molar refractivity (Wildman–Crippen MR) is 109 cm³/mol. The zero-order valence-electron chi connectivity index (χ0n) is 15.9. The van der Waals surface area contributed by atoms with Crippen LogP contribution in [0.4, 0.5) is 5.69 Å². The van der Waals surface area contributed by atoms with Crippen molar-refractivity contribution in [2.24, 2.45) is 0 Å². The Kier molecular flexibility index (Phi) is 5.24. The van der Waals surface area contributed by atoms with Gasteiger partial charge in [0.1, 0.15) is 11.4 Å². The summed E-state index contributed by atoms with van der Waals surface area (Å²) in [5.41, 5.74) is 4.96. The summed E-state index contributed by atoms with van der Waals surface area (Å²) in [6.45, 7) is 2.00. The molecule has 4 rings (SSSR count). The molecular formula is C23H23N3O2. The Balaban J connectivity index is 1.40. The van der Waals surface area contributed by atoms with E-state index in [1.54, 1.807) is 19.4 Å². The summed E-state index contributed by atoms with van der Waals surface area (Å²) in [5.74, 6) is 0.825. The van der Waals surface area contributed by atoms with Crippen LogP contribution in [0.25, 0.3) is 0 Å². The van der Waals surface area contributed by atoms with Crippen LogP contribution in [0, 0.1) is 0 Å². The van der Waals surface area contributed by atoms with E-state index >= 15 is 0 Å². The Morgan fingerprint density at radius 3 is 2.64 bits per heavy atom. The van der Waals surface area contributed by atoms with Gasteiger partial charge in [-0.05, 0) is 35.7 Å². The predicted octanol–water partition coefficient (Wildman–Crippen LogP) is 3.90. The number of rotatable bonds is 5. The molecule has 0 saturated heterocycles. The maximum atomic E-state index is 12.8. The Hall–Kier alpha value is -3.34. The summed E-state index contributed by atoms with van der Waals surface area (Å²) in [6.07, 6.45) is 2.60. The van der Waals surface area contributed by atoms with Gasteiger partial charge in [-0.15, -0.1) is 0 Å². The van der Waals surface area contributed by atoms with Crippen molar-refractivity contribution in [1.29, 1.82) is 0 Å². The molecule has 1 aliphatic rings. The lowest BCUT2D eigenvalue weighted by atomic mass is 10.00. The molecule has 0 fully saturated rings. The first-order chi connectivity index (χ1) is 13.7. The molecule has 0 spiro atoms. The molecule has 1 N–H and O–H groups in total. The van der Waals surface area contributed by atoms with E-state index in [0.717, 1.165) is 30.0 Å². The zero-order chi connectivity index (χ0) is 19.3. The number of nitrogens with one attached hydrogen (secondary N) is 1. The molecular weight excluding hydrogens is 350 g/mol. The molecule has 0 bridgehead atoms. The lowest BCUT2D eigenvalue weighted by Gasteiger charge is -2.28. The topological polar surface area (TPSA) is 54.5 Å². The van der Waals surface area contributed by atoms with Crippen LogP contribution in [0.2, 0.25) is 0 Å². The van der Waals surface area contributed by atoms with Crippen molar-refractivity contribution in [2.45, 2.75) is 19.5 Å². The highest BCUT2D eigenvalue weighted by atomic mass is 16.5. The number of benzene rings is 2. The summed E-state index contributed by atoms with van der Waals surface area (Å²) >= 11 is 0. The molecule has 2 aromatic carbocycles. The van der Waals surface area contributed by atoms with Gasteiger partial charge in [0, 0.05) is 25.2 Å². The summed E-state index contributed by atoms with van der Waals surface area (Å²) in [6, 6.07) is 19.9. The second-order valence-corrected chi connectivity index (χ2v) is 6.84. The average Bonchev–Trinajstić information content (AvgIpc) is 2.77. The normalized spacial score (nSPS) is 13.0. The number of carbonyl (C=O) groups is 1. The van der Waals surface area contributed by atoms with Crippen molar-refractivity contribution in [2.75, 3.05) is 19.0 Å². The fraction of sp³-hybridized carbons (Fsp3) is 0.217. The molecule has 142 valence electrons. The minimum absolute atomic E-state index is 0.0224. The quantitative estimate of drug-likeness (QED) is 0.737. The number of fused-ring (bicyclic) bond motifs is 1. The van der Waals surface area contributed by atoms with Gasteiger partial charge < -0.3 is 15.0 Å². The van der Waals surface area contributed by atoms with Gasteiger partial charge in [0.25, 0.3) is 5.91 Å². The molecule has 3 aromatic rings. The number of ether oxygens (including phenoxy) is 1. The highest BCUT2D eigenvalue weighted by Crippen LogP contribution is 2.21. The smallest absolute Gasteiger partial charge is 0.272 e. The monoisotopic (exact) mass is 373 g/mol. The molecule has 28 heavy (non-hydrogen) atoms. The lowest BCUT2D eigenvalue weighted by molar-refractivity contribution is 0.0729. The van der Waals surface area contributed by atoms with Gasteiger partial charge in [0.15, 0.2) is 0 Å². The molecule has 5 heteroatoms. The van der Waals surface area contributed by atoms with Crippen molar-refractivity contribution in [3.05, 3.63) is 89.2 Å². The zero-order valence-corrected chi connectivity index (χ0v) is 15.9. The van der Waals surface area contributed by atoms with Gasteiger partial charge in [-0.1, -0.05) is 42.5 Å². The van der Waals surface area contributed by atoms with E-state index in [2.05, 4.69) is 28.5 Å². The number of hydrogen-bond acceptors (Lipinski definition) is 4. The number of amides is 1. The summed E-state index contributed by atoms with van der Waals surface area (Å²) < 4.78 is 5.37. The van der Waals surface area contributed by atoms with Crippen LogP contribution in [-0.2, 0) is 19.5 Å². The van der Waals surface area contributed by atoms with Crippen molar-refractivity contribution in [3.63, 3.8) is 0 Å². The highest BCUT2D eigenvalue weighted by Gasteiger charge is 2.22. The van der Waals surface area contributed by atoms with Crippen LogP contribution in [-0.4, -0.2) is 29.4 Å². The van der Waals surface area contributed by atoms with Gasteiger partial charge in [-0.2, -0.15) is 0 Å². The molecule has 1 aromatic heterocycles. The first-order valence-electron chi connectivity index (χ1n) is 9.42. The third kappa shape index (κ3) is 3.83. The standard InChI is InChI=1S/C23H23N3O2/c1-28-22-9-5-4-7-18(22)14-24-20-10-11-21(25-15-20)23(27)26-13-12-17-6-2-3-8-19(17)16-26/h2-11,15,24H,12-14,16H2,1H3. The first kappa shape index (κ1) is 18.0. The van der Waals surface area contributed by atoms with Crippen LogP contribution < -0.4 is 10.1 Å². The Bertz CT molecular complexity index is 970. The molecule has 1 amide bonds. The third-order valence-corrected chi connectivity index (χ3v) is 5.08. The number of methoxy groups -OCH3 is 1. The van der Waals surface area contributed by atoms with Crippen LogP contribution >= 0.6 is 0 Å². The van der Waals surface area contributed by atoms with Crippen LogP contribution in [0.3, 0.4) is 0 Å². The number of carbonyl (C=O) groups excluding carboxylic acids is 1. The van der Waals surface area contributed by atoms with E-state index in [9.17, 15) is 4.79 Å². The van der Waals surface area contributed by atoms with Crippen molar-refractivity contribution < 1.29 is 9.53 Å². The first-order valence-corrected chi connectivity index (χ1v) is 9.42. The van der Waals surface area contributed by atoms with E-state index in [0.29, 0.717) is 18.8 Å². The van der Waals surface area contributed by atoms with Crippen molar-refractivity contribution in [3.8, 4) is 5.75 Å². The van der Waals surface area contributed by atoms with Gasteiger partial charge in [-0.3, -0.25) is 4.79 Å². The molecule has 0 aliphatic carbocycles. The lowest BCUT2D eigenvalue weighted by Crippen LogP contribution is -2.36. The number of anilines is 1. The maximum Gasteiger partial charge on any atom is 0.272 e. The average molecular weight is 373 g/mol. The van der Waals surface area contributed by atoms with E-state index in [1.807, 2.05) is 41.3 Å². The van der Waals surface area contributed by atoms with Crippen molar-refractivity contribution in [1.82, 2.24) is 9.88 Å². The number of para-hydroxylation sites is 1. The summed E-state index contributed by atoms with van der Waals surface area (Å²) in [5, 5.41) is 3.33. The van der Waals surface area contributed by atoms with Gasteiger partial charge in [0.2, 0.25) is 0 Å². The van der Waals surface area contributed by atoms with E-state index < -0.39 is 0 Å². The van der Waals surface area contributed by atoms with Crippen molar-refractivity contribution >= 4 is 11.6 Å². The second kappa shape index (κ2) is 8.13. The molecule has 0 atom stereocenters.